The normalized spacial score (nSPS) is 10.1. The highest BCUT2D eigenvalue weighted by Crippen LogP contribution is 2.11. The summed E-state index contributed by atoms with van der Waals surface area (Å²) in [6, 6.07) is 6.36. The highest BCUT2D eigenvalue weighted by atomic mass is 19.1. The molecule has 0 bridgehead atoms. The number of aryl methyl sites for hydroxylation is 1. The number of halogens is 1. The largest absolute Gasteiger partial charge is 0.207 e. The van der Waals surface area contributed by atoms with Gasteiger partial charge in [0.15, 0.2) is 0 Å². The van der Waals surface area contributed by atoms with E-state index in [2.05, 4.69) is 0 Å². The second kappa shape index (κ2) is 3.68. The van der Waals surface area contributed by atoms with Gasteiger partial charge in [-0.15, -0.1) is 0 Å². The van der Waals surface area contributed by atoms with Crippen molar-refractivity contribution in [1.82, 2.24) is 0 Å². The molecule has 0 aliphatic carbocycles. The van der Waals surface area contributed by atoms with E-state index in [4.69, 9.17) is 5.26 Å². The zero-order chi connectivity index (χ0) is 8.97. The van der Waals surface area contributed by atoms with Crippen LogP contribution in [0.3, 0.4) is 0 Å². The van der Waals surface area contributed by atoms with Gasteiger partial charge in [0.1, 0.15) is 5.82 Å². The fourth-order valence-electron chi connectivity index (χ4n) is 0.953. The molecule has 0 aromatic heterocycles. The predicted molar refractivity (Wildman–Crippen MR) is 45.8 cm³/mol. The minimum Gasteiger partial charge on any atom is -0.207 e. The van der Waals surface area contributed by atoms with Crippen LogP contribution in [0, 0.1) is 24.1 Å². The van der Waals surface area contributed by atoms with Crippen molar-refractivity contribution in [3.8, 4) is 6.07 Å². The average Bonchev–Trinajstić information content (AvgIpc) is 2.03. The van der Waals surface area contributed by atoms with E-state index in [0.717, 1.165) is 11.1 Å². The smallest absolute Gasteiger partial charge is 0.123 e. The molecule has 1 aromatic carbocycles. The first kappa shape index (κ1) is 8.48. The number of allylic oxidation sites excluding steroid dienone is 1. The lowest BCUT2D eigenvalue weighted by atomic mass is 10.1. The zero-order valence-corrected chi connectivity index (χ0v) is 6.71. The van der Waals surface area contributed by atoms with E-state index in [9.17, 15) is 4.39 Å². The monoisotopic (exact) mass is 161 g/mol. The SMILES string of the molecule is Cc1cc(F)ccc1C=CC#N. The van der Waals surface area contributed by atoms with Crippen LogP contribution in [0.1, 0.15) is 11.1 Å². The summed E-state index contributed by atoms with van der Waals surface area (Å²) < 4.78 is 12.6. The van der Waals surface area contributed by atoms with Crippen molar-refractivity contribution in [2.24, 2.45) is 0 Å². The third-order valence-corrected chi connectivity index (χ3v) is 1.57. The van der Waals surface area contributed by atoms with Gasteiger partial charge in [0.2, 0.25) is 0 Å². The second-order valence-electron chi connectivity index (χ2n) is 2.46. The van der Waals surface area contributed by atoms with Gasteiger partial charge >= 0.3 is 0 Å². The maximum absolute atomic E-state index is 12.6. The quantitative estimate of drug-likeness (QED) is 0.581. The fraction of sp³-hybridized carbons (Fsp3) is 0.100. The van der Waals surface area contributed by atoms with Crippen molar-refractivity contribution in [2.45, 2.75) is 6.92 Å². The van der Waals surface area contributed by atoms with Gasteiger partial charge in [-0.25, -0.2) is 4.39 Å². The van der Waals surface area contributed by atoms with Crippen molar-refractivity contribution in [2.75, 3.05) is 0 Å². The molecule has 0 fully saturated rings. The third kappa shape index (κ3) is 1.93. The van der Waals surface area contributed by atoms with Crippen molar-refractivity contribution in [3.63, 3.8) is 0 Å². The summed E-state index contributed by atoms with van der Waals surface area (Å²) in [5, 5.41) is 8.26. The Morgan fingerprint density at radius 2 is 2.25 bits per heavy atom. The van der Waals surface area contributed by atoms with Crippen LogP contribution in [0.25, 0.3) is 6.08 Å². The summed E-state index contributed by atoms with van der Waals surface area (Å²) in [7, 11) is 0. The standard InChI is InChI=1S/C10H8FN/c1-8-7-10(11)5-4-9(8)3-2-6-12/h2-5,7H,1H3. The van der Waals surface area contributed by atoms with Gasteiger partial charge in [0.25, 0.3) is 0 Å². The highest BCUT2D eigenvalue weighted by Gasteiger charge is 1.94. The number of benzene rings is 1. The van der Waals surface area contributed by atoms with Crippen LogP contribution in [-0.4, -0.2) is 0 Å². The molecule has 0 spiro atoms. The van der Waals surface area contributed by atoms with Gasteiger partial charge < -0.3 is 0 Å². The maximum atomic E-state index is 12.6. The Kier molecular flexibility index (Phi) is 2.60. The van der Waals surface area contributed by atoms with Crippen LogP contribution in [0.2, 0.25) is 0 Å². The van der Waals surface area contributed by atoms with E-state index in [0.29, 0.717) is 0 Å². The molecule has 0 unspecified atom stereocenters. The van der Waals surface area contributed by atoms with Gasteiger partial charge in [-0.3, -0.25) is 0 Å². The minimum atomic E-state index is -0.249. The maximum Gasteiger partial charge on any atom is 0.123 e. The van der Waals surface area contributed by atoms with Gasteiger partial charge in [-0.2, -0.15) is 5.26 Å². The number of hydrogen-bond acceptors (Lipinski definition) is 1. The van der Waals surface area contributed by atoms with Crippen molar-refractivity contribution >= 4 is 6.08 Å². The summed E-state index contributed by atoms with van der Waals surface area (Å²) in [5.41, 5.74) is 1.71. The van der Waals surface area contributed by atoms with E-state index in [1.54, 1.807) is 19.1 Å². The summed E-state index contributed by atoms with van der Waals surface area (Å²) in [5.74, 6) is -0.249. The first-order valence-corrected chi connectivity index (χ1v) is 3.56. The van der Waals surface area contributed by atoms with Gasteiger partial charge in [-0.05, 0) is 36.3 Å². The van der Waals surface area contributed by atoms with Gasteiger partial charge in [0, 0.05) is 6.08 Å². The van der Waals surface area contributed by atoms with E-state index < -0.39 is 0 Å². The van der Waals surface area contributed by atoms with Crippen molar-refractivity contribution < 1.29 is 4.39 Å². The van der Waals surface area contributed by atoms with Crippen LogP contribution < -0.4 is 0 Å². The van der Waals surface area contributed by atoms with E-state index in [-0.39, 0.29) is 5.82 Å². The highest BCUT2D eigenvalue weighted by molar-refractivity contribution is 5.55. The van der Waals surface area contributed by atoms with Gasteiger partial charge in [0.05, 0.1) is 6.07 Å². The lowest BCUT2D eigenvalue weighted by Gasteiger charge is -1.97. The van der Waals surface area contributed by atoms with E-state index >= 15 is 0 Å². The molecule has 1 nitrogen and oxygen atoms in total. The summed E-state index contributed by atoms with van der Waals surface area (Å²) in [6.07, 6.45) is 3.04. The summed E-state index contributed by atoms with van der Waals surface area (Å²) >= 11 is 0. The number of nitrogens with zero attached hydrogens (tertiary/aromatic N) is 1. The molecule has 12 heavy (non-hydrogen) atoms. The Bertz CT molecular complexity index is 347. The summed E-state index contributed by atoms with van der Waals surface area (Å²) in [4.78, 5) is 0. The lowest BCUT2D eigenvalue weighted by Crippen LogP contribution is -1.81. The Labute approximate surface area is 70.8 Å². The molecule has 0 saturated carbocycles. The zero-order valence-electron chi connectivity index (χ0n) is 6.71. The molecule has 0 saturated heterocycles. The molecule has 0 aliphatic rings. The molecule has 0 amide bonds. The van der Waals surface area contributed by atoms with Crippen molar-refractivity contribution in [1.29, 1.82) is 5.26 Å². The molecule has 0 N–H and O–H groups in total. The Balaban J connectivity index is 3.03. The molecule has 0 atom stereocenters. The van der Waals surface area contributed by atoms with Crippen LogP contribution >= 0.6 is 0 Å². The Hall–Kier alpha value is -1.62. The topological polar surface area (TPSA) is 23.8 Å². The molecule has 0 aliphatic heterocycles. The average molecular weight is 161 g/mol. The van der Waals surface area contributed by atoms with Gasteiger partial charge in [-0.1, -0.05) is 6.07 Å². The molecule has 0 radical (unpaired) electrons. The van der Waals surface area contributed by atoms with Crippen LogP contribution in [-0.2, 0) is 0 Å². The first-order valence-electron chi connectivity index (χ1n) is 3.56. The lowest BCUT2D eigenvalue weighted by molar-refractivity contribution is 0.626. The minimum absolute atomic E-state index is 0.249. The molecule has 1 rings (SSSR count). The molecule has 0 heterocycles. The molecule has 1 aromatic rings. The molecular weight excluding hydrogens is 153 g/mol. The first-order chi connectivity index (χ1) is 5.74. The molecule has 2 heteroatoms. The van der Waals surface area contributed by atoms with E-state index in [1.807, 2.05) is 6.07 Å². The molecular formula is C10H8FN. The van der Waals surface area contributed by atoms with E-state index in [1.165, 1.54) is 18.2 Å². The Morgan fingerprint density at radius 1 is 1.50 bits per heavy atom. The second-order valence-corrected chi connectivity index (χ2v) is 2.46. The summed E-state index contributed by atoms with van der Waals surface area (Å²) in [6.45, 7) is 1.81. The number of nitriles is 1. The van der Waals surface area contributed by atoms with Crippen LogP contribution in [0.5, 0.6) is 0 Å². The fourth-order valence-corrected chi connectivity index (χ4v) is 0.953. The Morgan fingerprint density at radius 3 is 2.83 bits per heavy atom. The third-order valence-electron chi connectivity index (χ3n) is 1.57. The predicted octanol–water partition coefficient (Wildman–Crippen LogP) is 2.67. The van der Waals surface area contributed by atoms with Crippen LogP contribution in [0.15, 0.2) is 24.3 Å². The van der Waals surface area contributed by atoms with Crippen LogP contribution in [0.4, 0.5) is 4.39 Å². The number of hydrogen-bond donors (Lipinski definition) is 0. The number of rotatable bonds is 1. The van der Waals surface area contributed by atoms with Crippen molar-refractivity contribution in [3.05, 3.63) is 41.2 Å². The molecule has 60 valence electrons.